The van der Waals surface area contributed by atoms with Crippen molar-refractivity contribution in [3.8, 4) is 17.2 Å². The van der Waals surface area contributed by atoms with E-state index in [4.69, 9.17) is 9.47 Å². The fourth-order valence-corrected chi connectivity index (χ4v) is 2.96. The van der Waals surface area contributed by atoms with E-state index in [9.17, 15) is 4.79 Å². The van der Waals surface area contributed by atoms with Crippen LogP contribution in [-0.2, 0) is 4.79 Å². The van der Waals surface area contributed by atoms with Crippen LogP contribution in [0, 0.1) is 0 Å². The van der Waals surface area contributed by atoms with E-state index in [-0.39, 0.29) is 11.9 Å². The predicted molar refractivity (Wildman–Crippen MR) is 113 cm³/mol. The minimum absolute atomic E-state index is 0.0128. The molecule has 3 rings (SSSR count). The molecule has 1 unspecified atom stereocenters. The highest BCUT2D eigenvalue weighted by molar-refractivity contribution is 5.85. The molecule has 0 aliphatic heterocycles. The number of rotatable bonds is 8. The van der Waals surface area contributed by atoms with Gasteiger partial charge in [-0.2, -0.15) is 0 Å². The van der Waals surface area contributed by atoms with Crippen LogP contribution >= 0.6 is 0 Å². The Morgan fingerprint density at radius 2 is 1.54 bits per heavy atom. The van der Waals surface area contributed by atoms with Crippen molar-refractivity contribution in [2.75, 3.05) is 6.61 Å². The number of ether oxygens (including phenoxy) is 2. The molecule has 0 radical (unpaired) electrons. The fourth-order valence-electron chi connectivity index (χ4n) is 2.96. The first kappa shape index (κ1) is 19.7. The van der Waals surface area contributed by atoms with Crippen LogP contribution in [0.1, 0.15) is 45.2 Å². The Labute approximate surface area is 166 Å². The molecule has 0 heterocycles. The molecule has 3 aromatic carbocycles. The number of carbonyl (C=O) groups is 1. The molecule has 1 N–H and O–H groups in total. The Morgan fingerprint density at radius 1 is 0.893 bits per heavy atom. The second-order valence-corrected chi connectivity index (χ2v) is 6.83. The van der Waals surface area contributed by atoms with Crippen molar-refractivity contribution >= 4 is 16.7 Å². The predicted octanol–water partition coefficient (Wildman–Crippen LogP) is 6.01. The van der Waals surface area contributed by atoms with Gasteiger partial charge in [-0.3, -0.25) is 4.79 Å². The number of nitrogens with one attached hydrogen (secondary N) is 1. The van der Waals surface area contributed by atoms with Gasteiger partial charge >= 0.3 is 0 Å². The molecule has 1 amide bonds. The van der Waals surface area contributed by atoms with Gasteiger partial charge in [0.2, 0.25) is 5.91 Å². The van der Waals surface area contributed by atoms with Gasteiger partial charge in [0, 0.05) is 6.42 Å². The summed E-state index contributed by atoms with van der Waals surface area (Å²) >= 11 is 0. The highest BCUT2D eigenvalue weighted by Gasteiger charge is 2.09. The quantitative estimate of drug-likeness (QED) is 0.523. The lowest BCUT2D eigenvalue weighted by atomic mass is 10.0. The summed E-state index contributed by atoms with van der Waals surface area (Å²) in [6.45, 7) is 6.66. The lowest BCUT2D eigenvalue weighted by Gasteiger charge is -2.15. The lowest BCUT2D eigenvalue weighted by Crippen LogP contribution is -2.25. The third-order valence-electron chi connectivity index (χ3n) is 4.57. The lowest BCUT2D eigenvalue weighted by molar-refractivity contribution is -0.121. The van der Waals surface area contributed by atoms with Gasteiger partial charge in [0.25, 0.3) is 0 Å². The maximum absolute atomic E-state index is 11.6. The molecule has 0 spiro atoms. The van der Waals surface area contributed by atoms with Crippen LogP contribution in [0.4, 0.5) is 0 Å². The molecule has 3 aromatic rings. The van der Waals surface area contributed by atoms with Crippen molar-refractivity contribution in [2.24, 2.45) is 0 Å². The number of fused-ring (bicyclic) bond motifs is 1. The summed E-state index contributed by atoms with van der Waals surface area (Å²) in [7, 11) is 0. The van der Waals surface area contributed by atoms with E-state index in [1.54, 1.807) is 0 Å². The van der Waals surface area contributed by atoms with Crippen molar-refractivity contribution in [1.82, 2.24) is 5.32 Å². The van der Waals surface area contributed by atoms with E-state index in [1.807, 2.05) is 62.4 Å². The molecular formula is C24H27NO3. The normalized spacial score (nSPS) is 11.8. The minimum Gasteiger partial charge on any atom is -0.494 e. The monoisotopic (exact) mass is 377 g/mol. The molecule has 0 aliphatic rings. The first-order valence-electron chi connectivity index (χ1n) is 9.83. The van der Waals surface area contributed by atoms with Gasteiger partial charge in [0.05, 0.1) is 12.6 Å². The molecular weight excluding hydrogens is 350 g/mol. The highest BCUT2D eigenvalue weighted by Crippen LogP contribution is 2.28. The van der Waals surface area contributed by atoms with E-state index in [0.29, 0.717) is 13.0 Å². The molecule has 1 atom stereocenters. The highest BCUT2D eigenvalue weighted by atomic mass is 16.5. The van der Waals surface area contributed by atoms with Crippen LogP contribution in [0.5, 0.6) is 17.2 Å². The second kappa shape index (κ2) is 9.27. The van der Waals surface area contributed by atoms with Gasteiger partial charge in [0.1, 0.15) is 17.2 Å². The molecule has 0 bridgehead atoms. The summed E-state index contributed by atoms with van der Waals surface area (Å²) in [5, 5.41) is 5.21. The van der Waals surface area contributed by atoms with E-state index in [1.165, 1.54) is 0 Å². The Bertz CT molecular complexity index is 934. The Hall–Kier alpha value is -3.01. The van der Waals surface area contributed by atoms with Gasteiger partial charge in [0.15, 0.2) is 0 Å². The SMILES string of the molecule is CCCOc1ccc(Oc2ccc3cc(C(C)NC(=O)CC)ccc3c2)cc1. The summed E-state index contributed by atoms with van der Waals surface area (Å²) in [6.07, 6.45) is 1.48. The topological polar surface area (TPSA) is 47.6 Å². The Kier molecular flexibility index (Phi) is 6.53. The second-order valence-electron chi connectivity index (χ2n) is 6.83. The van der Waals surface area contributed by atoms with Gasteiger partial charge in [-0.15, -0.1) is 0 Å². The third kappa shape index (κ3) is 5.03. The van der Waals surface area contributed by atoms with Gasteiger partial charge in [-0.25, -0.2) is 0 Å². The maximum Gasteiger partial charge on any atom is 0.220 e. The number of hydrogen-bond acceptors (Lipinski definition) is 3. The first-order chi connectivity index (χ1) is 13.6. The molecule has 0 fully saturated rings. The van der Waals surface area contributed by atoms with Gasteiger partial charge in [-0.1, -0.05) is 32.0 Å². The van der Waals surface area contributed by atoms with Crippen LogP contribution in [0.2, 0.25) is 0 Å². The standard InChI is InChI=1S/C24H27NO3/c1-4-14-27-21-10-12-22(13-11-21)28-23-9-8-19-15-18(6-7-20(19)16-23)17(3)25-24(26)5-2/h6-13,15-17H,4-5,14H2,1-3H3,(H,25,26). The average molecular weight is 377 g/mol. The van der Waals surface area contributed by atoms with E-state index in [2.05, 4.69) is 24.4 Å². The summed E-state index contributed by atoms with van der Waals surface area (Å²) in [5.41, 5.74) is 1.09. The largest absolute Gasteiger partial charge is 0.494 e. The number of carbonyl (C=O) groups excluding carboxylic acids is 1. The van der Waals surface area contributed by atoms with Crippen molar-refractivity contribution in [3.05, 3.63) is 66.2 Å². The number of amides is 1. The molecule has 28 heavy (non-hydrogen) atoms. The molecule has 0 aromatic heterocycles. The van der Waals surface area contributed by atoms with Crippen LogP contribution in [0.25, 0.3) is 10.8 Å². The Morgan fingerprint density at radius 3 is 2.25 bits per heavy atom. The Balaban J connectivity index is 1.72. The van der Waals surface area contributed by atoms with Crippen LogP contribution < -0.4 is 14.8 Å². The molecule has 0 saturated carbocycles. The summed E-state index contributed by atoms with van der Waals surface area (Å²) in [4.78, 5) is 11.6. The summed E-state index contributed by atoms with van der Waals surface area (Å²) in [6, 6.07) is 19.9. The zero-order chi connectivity index (χ0) is 19.9. The molecule has 0 saturated heterocycles. The average Bonchev–Trinajstić information content (AvgIpc) is 2.72. The number of hydrogen-bond donors (Lipinski definition) is 1. The molecule has 146 valence electrons. The van der Waals surface area contributed by atoms with Crippen LogP contribution in [0.15, 0.2) is 60.7 Å². The van der Waals surface area contributed by atoms with E-state index >= 15 is 0 Å². The van der Waals surface area contributed by atoms with Gasteiger partial charge < -0.3 is 14.8 Å². The summed E-state index contributed by atoms with van der Waals surface area (Å²) < 4.78 is 11.6. The molecule has 0 aliphatic carbocycles. The van der Waals surface area contributed by atoms with Crippen molar-refractivity contribution < 1.29 is 14.3 Å². The zero-order valence-electron chi connectivity index (χ0n) is 16.7. The minimum atomic E-state index is -0.0128. The van der Waals surface area contributed by atoms with Crippen molar-refractivity contribution in [2.45, 2.75) is 39.7 Å². The van der Waals surface area contributed by atoms with Gasteiger partial charge in [-0.05, 0) is 72.1 Å². The summed E-state index contributed by atoms with van der Waals surface area (Å²) in [5.74, 6) is 2.47. The van der Waals surface area contributed by atoms with E-state index in [0.717, 1.165) is 40.0 Å². The third-order valence-corrected chi connectivity index (χ3v) is 4.57. The first-order valence-corrected chi connectivity index (χ1v) is 9.83. The van der Waals surface area contributed by atoms with E-state index < -0.39 is 0 Å². The fraction of sp³-hybridized carbons (Fsp3) is 0.292. The zero-order valence-corrected chi connectivity index (χ0v) is 16.7. The van der Waals surface area contributed by atoms with Crippen molar-refractivity contribution in [1.29, 1.82) is 0 Å². The number of benzene rings is 3. The van der Waals surface area contributed by atoms with Crippen molar-refractivity contribution in [3.63, 3.8) is 0 Å². The molecule has 4 nitrogen and oxygen atoms in total. The van der Waals surface area contributed by atoms with Crippen LogP contribution in [0.3, 0.4) is 0 Å². The smallest absolute Gasteiger partial charge is 0.220 e. The maximum atomic E-state index is 11.6. The van der Waals surface area contributed by atoms with Crippen LogP contribution in [-0.4, -0.2) is 12.5 Å². The molecule has 4 heteroatoms.